The fourth-order valence-electron chi connectivity index (χ4n) is 1.97. The summed E-state index contributed by atoms with van der Waals surface area (Å²) in [6, 6.07) is 3.61. The molecule has 0 fully saturated rings. The highest BCUT2D eigenvalue weighted by atomic mass is 79.9. The van der Waals surface area contributed by atoms with Crippen LogP contribution in [-0.4, -0.2) is 19.0 Å². The first-order chi connectivity index (χ1) is 9.29. The summed E-state index contributed by atoms with van der Waals surface area (Å²) in [5.41, 5.74) is 0.793. The van der Waals surface area contributed by atoms with Crippen molar-refractivity contribution in [3.8, 4) is 11.5 Å². The first kappa shape index (κ1) is 15.4. The Balaban J connectivity index is 2.22. The minimum atomic E-state index is 0.121. The molecule has 1 aromatic carbocycles. The lowest BCUT2D eigenvalue weighted by atomic mass is 9.78. The number of carbonyl (C=O) groups excluding carboxylic acids is 1. The predicted octanol–water partition coefficient (Wildman–Crippen LogP) is 4.48. The smallest absolute Gasteiger partial charge is 0.164 e. The van der Waals surface area contributed by atoms with E-state index in [0.29, 0.717) is 42.6 Å². The summed E-state index contributed by atoms with van der Waals surface area (Å²) in [5.74, 6) is 1.81. The van der Waals surface area contributed by atoms with E-state index >= 15 is 0 Å². The maximum absolute atomic E-state index is 12.5. The molecule has 3 nitrogen and oxygen atoms in total. The van der Waals surface area contributed by atoms with E-state index in [9.17, 15) is 4.79 Å². The Morgan fingerprint density at radius 3 is 2.35 bits per heavy atom. The van der Waals surface area contributed by atoms with Gasteiger partial charge in [0.25, 0.3) is 0 Å². The number of carbonyl (C=O) groups is 1. The van der Waals surface area contributed by atoms with Gasteiger partial charge in [-0.05, 0) is 39.4 Å². The van der Waals surface area contributed by atoms with Gasteiger partial charge in [-0.1, -0.05) is 27.7 Å². The molecule has 0 saturated carbocycles. The Morgan fingerprint density at radius 2 is 1.80 bits per heavy atom. The lowest BCUT2D eigenvalue weighted by molar-refractivity contribution is 0.0925. The number of hydrogen-bond acceptors (Lipinski definition) is 3. The first-order valence-corrected chi connectivity index (χ1v) is 7.70. The van der Waals surface area contributed by atoms with Gasteiger partial charge in [0.1, 0.15) is 13.2 Å². The van der Waals surface area contributed by atoms with Crippen LogP contribution in [0.1, 0.15) is 44.5 Å². The molecular weight excluding hydrogens is 320 g/mol. The molecule has 0 aromatic heterocycles. The number of ketones is 1. The summed E-state index contributed by atoms with van der Waals surface area (Å²) in [4.78, 5) is 12.5. The monoisotopic (exact) mass is 340 g/mol. The standard InChI is InChI=1S/C16H21BrO3/c1-10(16(2,3)4)7-13(18)11-8-14-15(9-12(11)17)20-6-5-19-14/h8-10H,5-7H2,1-4H3. The second kappa shape index (κ2) is 5.76. The number of fused-ring (bicyclic) bond motifs is 1. The normalized spacial score (nSPS) is 15.8. The van der Waals surface area contributed by atoms with Gasteiger partial charge >= 0.3 is 0 Å². The van der Waals surface area contributed by atoms with Crippen molar-refractivity contribution >= 4 is 21.7 Å². The lowest BCUT2D eigenvalue weighted by Gasteiger charge is -2.27. The number of rotatable bonds is 3. The average molecular weight is 341 g/mol. The van der Waals surface area contributed by atoms with E-state index in [2.05, 4.69) is 43.6 Å². The fraction of sp³-hybridized carbons (Fsp3) is 0.562. The van der Waals surface area contributed by atoms with Gasteiger partial charge in [-0.2, -0.15) is 0 Å². The number of hydrogen-bond donors (Lipinski definition) is 0. The van der Waals surface area contributed by atoms with Crippen molar-refractivity contribution < 1.29 is 14.3 Å². The van der Waals surface area contributed by atoms with Crippen molar-refractivity contribution in [3.05, 3.63) is 22.2 Å². The summed E-state index contributed by atoms with van der Waals surface area (Å²) in [6.07, 6.45) is 0.530. The summed E-state index contributed by atoms with van der Waals surface area (Å²) >= 11 is 3.46. The van der Waals surface area contributed by atoms with Crippen molar-refractivity contribution in [3.63, 3.8) is 0 Å². The Morgan fingerprint density at radius 1 is 1.25 bits per heavy atom. The maximum Gasteiger partial charge on any atom is 0.164 e. The molecule has 1 aromatic rings. The summed E-state index contributed by atoms with van der Waals surface area (Å²) in [6.45, 7) is 9.66. The third-order valence-electron chi connectivity index (χ3n) is 3.90. The van der Waals surface area contributed by atoms with Crippen LogP contribution in [0, 0.1) is 11.3 Å². The summed E-state index contributed by atoms with van der Waals surface area (Å²) in [5, 5.41) is 0. The Hall–Kier alpha value is -1.03. The van der Waals surface area contributed by atoms with Crippen LogP contribution in [0.2, 0.25) is 0 Å². The number of halogens is 1. The van der Waals surface area contributed by atoms with E-state index in [-0.39, 0.29) is 11.2 Å². The highest BCUT2D eigenvalue weighted by Gasteiger charge is 2.25. The van der Waals surface area contributed by atoms with Gasteiger partial charge in [-0.25, -0.2) is 0 Å². The topological polar surface area (TPSA) is 35.5 Å². The second-order valence-electron chi connectivity index (χ2n) is 6.37. The van der Waals surface area contributed by atoms with Crippen LogP contribution in [0.5, 0.6) is 11.5 Å². The molecule has 0 bridgehead atoms. The minimum absolute atomic E-state index is 0.121. The summed E-state index contributed by atoms with van der Waals surface area (Å²) in [7, 11) is 0. The minimum Gasteiger partial charge on any atom is -0.486 e. The molecular formula is C16H21BrO3. The van der Waals surface area contributed by atoms with E-state index in [4.69, 9.17) is 9.47 Å². The SMILES string of the molecule is CC(CC(=O)c1cc2c(cc1Br)OCCO2)C(C)(C)C. The van der Waals surface area contributed by atoms with Crippen LogP contribution >= 0.6 is 15.9 Å². The highest BCUT2D eigenvalue weighted by Crippen LogP contribution is 2.37. The van der Waals surface area contributed by atoms with Gasteiger partial charge < -0.3 is 9.47 Å². The molecule has 4 heteroatoms. The molecule has 1 heterocycles. The number of Topliss-reactive ketones (excluding diaryl/α,β-unsaturated/α-hetero) is 1. The predicted molar refractivity (Wildman–Crippen MR) is 82.7 cm³/mol. The molecule has 0 radical (unpaired) electrons. The number of benzene rings is 1. The first-order valence-electron chi connectivity index (χ1n) is 6.91. The quantitative estimate of drug-likeness (QED) is 0.761. The van der Waals surface area contributed by atoms with Gasteiger partial charge in [0.15, 0.2) is 17.3 Å². The van der Waals surface area contributed by atoms with Crippen LogP contribution < -0.4 is 9.47 Å². The molecule has 1 aliphatic rings. The fourth-order valence-corrected chi connectivity index (χ4v) is 2.52. The third-order valence-corrected chi connectivity index (χ3v) is 4.56. The zero-order chi connectivity index (χ0) is 14.9. The number of ether oxygens (including phenoxy) is 2. The van der Waals surface area contributed by atoms with Gasteiger partial charge in [0.2, 0.25) is 0 Å². The van der Waals surface area contributed by atoms with Gasteiger partial charge in [0.05, 0.1) is 0 Å². The maximum atomic E-state index is 12.5. The lowest BCUT2D eigenvalue weighted by Crippen LogP contribution is -2.21. The van der Waals surface area contributed by atoms with Crippen molar-refractivity contribution in [1.82, 2.24) is 0 Å². The van der Waals surface area contributed by atoms with Crippen LogP contribution in [0.15, 0.2) is 16.6 Å². The molecule has 2 rings (SSSR count). The molecule has 20 heavy (non-hydrogen) atoms. The second-order valence-corrected chi connectivity index (χ2v) is 7.22. The van der Waals surface area contributed by atoms with Gasteiger partial charge in [-0.15, -0.1) is 0 Å². The van der Waals surface area contributed by atoms with Gasteiger partial charge in [-0.3, -0.25) is 4.79 Å². The Kier molecular flexibility index (Phi) is 4.43. The Bertz CT molecular complexity index is 517. The zero-order valence-electron chi connectivity index (χ0n) is 12.5. The van der Waals surface area contributed by atoms with Crippen LogP contribution in [0.3, 0.4) is 0 Å². The van der Waals surface area contributed by atoms with Crippen molar-refractivity contribution in [1.29, 1.82) is 0 Å². The van der Waals surface area contributed by atoms with E-state index in [1.54, 1.807) is 6.07 Å². The molecule has 110 valence electrons. The van der Waals surface area contributed by atoms with Crippen LogP contribution in [0.25, 0.3) is 0 Å². The van der Waals surface area contributed by atoms with Crippen LogP contribution in [0.4, 0.5) is 0 Å². The molecule has 0 N–H and O–H groups in total. The molecule has 0 saturated heterocycles. The molecule has 0 spiro atoms. The van der Waals surface area contributed by atoms with E-state index < -0.39 is 0 Å². The van der Waals surface area contributed by atoms with Crippen LogP contribution in [-0.2, 0) is 0 Å². The van der Waals surface area contributed by atoms with Crippen molar-refractivity contribution in [2.24, 2.45) is 11.3 Å². The summed E-state index contributed by atoms with van der Waals surface area (Å²) < 4.78 is 11.8. The highest BCUT2D eigenvalue weighted by molar-refractivity contribution is 9.10. The van der Waals surface area contributed by atoms with Gasteiger partial charge in [0, 0.05) is 16.5 Å². The average Bonchev–Trinajstić information content (AvgIpc) is 2.36. The molecule has 0 amide bonds. The molecule has 1 atom stereocenters. The molecule has 1 unspecified atom stereocenters. The third kappa shape index (κ3) is 3.35. The largest absolute Gasteiger partial charge is 0.486 e. The van der Waals surface area contributed by atoms with E-state index in [0.717, 1.165) is 4.47 Å². The molecule has 1 aliphatic heterocycles. The molecule has 0 aliphatic carbocycles. The van der Waals surface area contributed by atoms with E-state index in [1.807, 2.05) is 6.07 Å². The van der Waals surface area contributed by atoms with Crippen molar-refractivity contribution in [2.45, 2.75) is 34.1 Å². The van der Waals surface area contributed by atoms with Crippen molar-refractivity contribution in [2.75, 3.05) is 13.2 Å². The van der Waals surface area contributed by atoms with E-state index in [1.165, 1.54) is 0 Å². The zero-order valence-corrected chi connectivity index (χ0v) is 14.0. The Labute approximate surface area is 128 Å².